The normalized spacial score (nSPS) is 15.8. The molecule has 0 radical (unpaired) electrons. The van der Waals surface area contributed by atoms with E-state index in [0.717, 1.165) is 10.6 Å². The molecule has 0 saturated carbocycles. The number of carbonyl (C=O) groups excluding carboxylic acids is 3. The van der Waals surface area contributed by atoms with Crippen LogP contribution < -0.4 is 16.0 Å². The summed E-state index contributed by atoms with van der Waals surface area (Å²) in [4.78, 5) is 37.7. The molecule has 2 aromatic rings. The van der Waals surface area contributed by atoms with Gasteiger partial charge < -0.3 is 16.0 Å². The third kappa shape index (κ3) is 5.50. The summed E-state index contributed by atoms with van der Waals surface area (Å²) in [5.41, 5.74) is 0.901. The maximum absolute atomic E-state index is 12.3. The van der Waals surface area contributed by atoms with Gasteiger partial charge in [0.2, 0.25) is 11.8 Å². The van der Waals surface area contributed by atoms with E-state index in [1.807, 2.05) is 24.3 Å². The number of nitrogens with one attached hydrogen (secondary N) is 3. The lowest BCUT2D eigenvalue weighted by Crippen LogP contribution is -2.42. The van der Waals surface area contributed by atoms with Crippen LogP contribution in [-0.2, 0) is 9.59 Å². The van der Waals surface area contributed by atoms with Crippen molar-refractivity contribution in [1.29, 1.82) is 0 Å². The molecule has 0 bridgehead atoms. The summed E-state index contributed by atoms with van der Waals surface area (Å²) in [6.07, 6.45) is 0.391. The molecule has 0 saturated heterocycles. The second kappa shape index (κ2) is 9.61. The van der Waals surface area contributed by atoms with E-state index < -0.39 is 6.04 Å². The third-order valence-electron chi connectivity index (χ3n) is 4.22. The van der Waals surface area contributed by atoms with E-state index in [0.29, 0.717) is 22.8 Å². The Bertz CT molecular complexity index is 873. The monoisotopic (exact) mass is 417 g/mol. The zero-order chi connectivity index (χ0) is 19.9. The molecule has 0 spiro atoms. The van der Waals surface area contributed by atoms with Gasteiger partial charge in [-0.1, -0.05) is 23.7 Å². The van der Waals surface area contributed by atoms with Crippen molar-refractivity contribution in [3.8, 4) is 0 Å². The molecule has 0 unspecified atom stereocenters. The predicted molar refractivity (Wildman–Crippen MR) is 111 cm³/mol. The number of thioether (sulfide) groups is 1. The van der Waals surface area contributed by atoms with Gasteiger partial charge in [-0.3, -0.25) is 14.4 Å². The van der Waals surface area contributed by atoms with Crippen LogP contribution in [0.25, 0.3) is 0 Å². The summed E-state index contributed by atoms with van der Waals surface area (Å²) in [6.45, 7) is 0.515. The standard InChI is InChI=1S/C20H20ClN3O3S/c21-13-5-7-14(8-6-13)28-12-11-22-18(25)10-9-17-20(27)23-16-4-2-1-3-15(16)19(26)24-17/h1-8,17H,9-12H2,(H,22,25)(H,23,27)(H,24,26)/t17-/m0/s1. The Labute approximate surface area is 172 Å². The summed E-state index contributed by atoms with van der Waals surface area (Å²) in [6, 6.07) is 13.6. The molecule has 0 aliphatic carbocycles. The minimum Gasteiger partial charge on any atom is -0.355 e. The fourth-order valence-corrected chi connectivity index (χ4v) is 3.66. The molecule has 0 fully saturated rings. The SMILES string of the molecule is O=C(CC[C@@H]1NC(=O)c2ccccc2NC1=O)NCCSc1ccc(Cl)cc1. The van der Waals surface area contributed by atoms with Crippen molar-refractivity contribution in [3.63, 3.8) is 0 Å². The molecule has 0 aromatic heterocycles. The Morgan fingerprint density at radius 1 is 1.11 bits per heavy atom. The predicted octanol–water partition coefficient (Wildman–Crippen LogP) is 3.08. The Hall–Kier alpha value is -2.51. The number of hydrogen-bond donors (Lipinski definition) is 3. The van der Waals surface area contributed by atoms with Gasteiger partial charge in [-0.25, -0.2) is 0 Å². The number of fused-ring (bicyclic) bond motifs is 1. The van der Waals surface area contributed by atoms with Gasteiger partial charge in [0.25, 0.3) is 5.91 Å². The van der Waals surface area contributed by atoms with Crippen molar-refractivity contribution in [3.05, 3.63) is 59.1 Å². The van der Waals surface area contributed by atoms with E-state index in [4.69, 9.17) is 11.6 Å². The average molecular weight is 418 g/mol. The molecule has 1 aliphatic rings. The van der Waals surface area contributed by atoms with Crippen molar-refractivity contribution < 1.29 is 14.4 Å². The van der Waals surface area contributed by atoms with E-state index in [1.54, 1.807) is 36.0 Å². The first-order chi connectivity index (χ1) is 13.5. The van der Waals surface area contributed by atoms with Gasteiger partial charge in [0.05, 0.1) is 11.3 Å². The first kappa shape index (κ1) is 20.2. The quantitative estimate of drug-likeness (QED) is 0.477. The molecule has 3 N–H and O–H groups in total. The number of para-hydroxylation sites is 1. The zero-order valence-electron chi connectivity index (χ0n) is 15.0. The Morgan fingerprint density at radius 2 is 1.86 bits per heavy atom. The molecule has 3 rings (SSSR count). The summed E-state index contributed by atoms with van der Waals surface area (Å²) in [5.74, 6) is -0.0628. The van der Waals surface area contributed by atoms with Crippen LogP contribution in [0.1, 0.15) is 23.2 Å². The molecule has 1 atom stereocenters. The maximum Gasteiger partial charge on any atom is 0.254 e. The van der Waals surface area contributed by atoms with Crippen LogP contribution in [-0.4, -0.2) is 36.1 Å². The summed E-state index contributed by atoms with van der Waals surface area (Å²) >= 11 is 7.47. The molecule has 6 nitrogen and oxygen atoms in total. The van der Waals surface area contributed by atoms with Gasteiger partial charge >= 0.3 is 0 Å². The molecule has 3 amide bonds. The topological polar surface area (TPSA) is 87.3 Å². The maximum atomic E-state index is 12.3. The number of hydrogen-bond acceptors (Lipinski definition) is 4. The van der Waals surface area contributed by atoms with Crippen molar-refractivity contribution >= 4 is 46.8 Å². The Balaban J connectivity index is 1.41. The van der Waals surface area contributed by atoms with Crippen molar-refractivity contribution in [2.75, 3.05) is 17.6 Å². The van der Waals surface area contributed by atoms with Crippen LogP contribution in [0.4, 0.5) is 5.69 Å². The fraction of sp³-hybridized carbons (Fsp3) is 0.250. The molecule has 1 heterocycles. The van der Waals surface area contributed by atoms with Crippen LogP contribution in [0.3, 0.4) is 0 Å². The third-order valence-corrected chi connectivity index (χ3v) is 5.48. The number of rotatable bonds is 7. The second-order valence-electron chi connectivity index (χ2n) is 6.25. The van der Waals surface area contributed by atoms with E-state index >= 15 is 0 Å². The Kier molecular flexibility index (Phi) is 6.95. The summed E-state index contributed by atoms with van der Waals surface area (Å²) < 4.78 is 0. The highest BCUT2D eigenvalue weighted by atomic mass is 35.5. The van der Waals surface area contributed by atoms with Gasteiger partial charge in [-0.2, -0.15) is 0 Å². The molecule has 28 heavy (non-hydrogen) atoms. The highest BCUT2D eigenvalue weighted by molar-refractivity contribution is 7.99. The van der Waals surface area contributed by atoms with Gasteiger partial charge in [0, 0.05) is 28.6 Å². The molecule has 1 aliphatic heterocycles. The van der Waals surface area contributed by atoms with Crippen LogP contribution in [0.5, 0.6) is 0 Å². The van der Waals surface area contributed by atoms with Gasteiger partial charge in [0.15, 0.2) is 0 Å². The smallest absolute Gasteiger partial charge is 0.254 e. The largest absolute Gasteiger partial charge is 0.355 e. The first-order valence-electron chi connectivity index (χ1n) is 8.89. The number of carbonyl (C=O) groups is 3. The number of halogens is 1. The van der Waals surface area contributed by atoms with E-state index in [9.17, 15) is 14.4 Å². The molecular weight excluding hydrogens is 398 g/mol. The van der Waals surface area contributed by atoms with Crippen molar-refractivity contribution in [1.82, 2.24) is 10.6 Å². The molecule has 2 aromatic carbocycles. The van der Waals surface area contributed by atoms with Gasteiger partial charge in [0.1, 0.15) is 6.04 Å². The average Bonchev–Trinajstić information content (AvgIpc) is 2.81. The van der Waals surface area contributed by atoms with E-state index in [1.165, 1.54) is 0 Å². The lowest BCUT2D eigenvalue weighted by Gasteiger charge is -2.14. The Morgan fingerprint density at radius 3 is 2.64 bits per heavy atom. The van der Waals surface area contributed by atoms with Crippen LogP contribution in [0, 0.1) is 0 Å². The van der Waals surface area contributed by atoms with Crippen LogP contribution >= 0.6 is 23.4 Å². The molecular formula is C20H20ClN3O3S. The highest BCUT2D eigenvalue weighted by Crippen LogP contribution is 2.20. The lowest BCUT2D eigenvalue weighted by molar-refractivity contribution is -0.121. The highest BCUT2D eigenvalue weighted by Gasteiger charge is 2.27. The fourth-order valence-electron chi connectivity index (χ4n) is 2.77. The number of benzene rings is 2. The van der Waals surface area contributed by atoms with E-state index in [-0.39, 0.29) is 30.6 Å². The molecule has 146 valence electrons. The number of amides is 3. The second-order valence-corrected chi connectivity index (χ2v) is 7.86. The van der Waals surface area contributed by atoms with E-state index in [2.05, 4.69) is 16.0 Å². The van der Waals surface area contributed by atoms with Crippen molar-refractivity contribution in [2.24, 2.45) is 0 Å². The lowest BCUT2D eigenvalue weighted by atomic mass is 10.1. The van der Waals surface area contributed by atoms with Gasteiger partial charge in [-0.05, 0) is 42.8 Å². The first-order valence-corrected chi connectivity index (χ1v) is 10.2. The van der Waals surface area contributed by atoms with Crippen LogP contribution in [0.15, 0.2) is 53.4 Å². The van der Waals surface area contributed by atoms with Crippen LogP contribution in [0.2, 0.25) is 5.02 Å². The van der Waals surface area contributed by atoms with Crippen molar-refractivity contribution in [2.45, 2.75) is 23.8 Å². The number of anilines is 1. The summed E-state index contributed by atoms with van der Waals surface area (Å²) in [5, 5.41) is 8.94. The zero-order valence-corrected chi connectivity index (χ0v) is 16.6. The molecule has 8 heteroatoms. The minimum atomic E-state index is -0.742. The summed E-state index contributed by atoms with van der Waals surface area (Å²) in [7, 11) is 0. The van der Waals surface area contributed by atoms with Gasteiger partial charge in [-0.15, -0.1) is 11.8 Å². The minimum absolute atomic E-state index is 0.152.